The number of rotatable bonds is 6. The van der Waals surface area contributed by atoms with Gasteiger partial charge in [0, 0.05) is 13.1 Å². The monoisotopic (exact) mass is 329 g/mol. The van der Waals surface area contributed by atoms with Crippen LogP contribution in [-0.2, 0) is 4.74 Å². The van der Waals surface area contributed by atoms with Gasteiger partial charge in [0.05, 0.1) is 4.92 Å². The number of hydrogen-bond acceptors (Lipinski definition) is 5. The van der Waals surface area contributed by atoms with Gasteiger partial charge in [0.25, 0.3) is 0 Å². The van der Waals surface area contributed by atoms with E-state index in [9.17, 15) is 14.9 Å². The first-order chi connectivity index (χ1) is 10.2. The zero-order valence-corrected chi connectivity index (χ0v) is 13.6. The molecule has 8 heteroatoms. The lowest BCUT2D eigenvalue weighted by Crippen LogP contribution is -2.33. The quantitative estimate of drug-likeness (QED) is 0.472. The molecule has 2 N–H and O–H groups in total. The van der Waals surface area contributed by atoms with Crippen molar-refractivity contribution >= 4 is 29.1 Å². The number of anilines is 1. The molecule has 0 aliphatic heterocycles. The van der Waals surface area contributed by atoms with E-state index in [1.165, 1.54) is 6.07 Å². The molecule has 0 atom stereocenters. The van der Waals surface area contributed by atoms with Crippen LogP contribution in [-0.4, -0.2) is 29.7 Å². The van der Waals surface area contributed by atoms with E-state index in [-0.39, 0.29) is 10.7 Å². The van der Waals surface area contributed by atoms with E-state index in [4.69, 9.17) is 16.3 Å². The van der Waals surface area contributed by atoms with Gasteiger partial charge in [-0.05, 0) is 39.3 Å². The molecule has 1 rings (SSSR count). The Morgan fingerprint density at radius 1 is 1.36 bits per heavy atom. The van der Waals surface area contributed by atoms with E-state index in [1.807, 2.05) is 0 Å². The molecule has 1 aromatic carbocycles. The smallest absolute Gasteiger partial charge is 0.407 e. The molecule has 0 heterocycles. The standard InChI is InChI=1S/C14H20ClN3O4/c1-14(2,3)22-13(19)17-9-5-8-16-11-7-4-6-10(15)12(11)18(20)21/h4,6-7,16H,5,8-9H2,1-3H3,(H,17,19). The third-order valence-electron chi connectivity index (χ3n) is 2.51. The zero-order valence-electron chi connectivity index (χ0n) is 12.8. The molecule has 0 saturated carbocycles. The first-order valence-electron chi connectivity index (χ1n) is 6.84. The second-order valence-electron chi connectivity index (χ2n) is 5.60. The lowest BCUT2D eigenvalue weighted by atomic mass is 10.2. The van der Waals surface area contributed by atoms with Crippen LogP contribution in [0.3, 0.4) is 0 Å². The Kier molecular flexibility index (Phi) is 6.42. The summed E-state index contributed by atoms with van der Waals surface area (Å²) in [4.78, 5) is 21.9. The van der Waals surface area contributed by atoms with E-state index in [0.717, 1.165) is 0 Å². The topological polar surface area (TPSA) is 93.5 Å². The molecule has 0 aliphatic carbocycles. The van der Waals surface area contributed by atoms with Crippen molar-refractivity contribution in [3.8, 4) is 0 Å². The maximum atomic E-state index is 11.4. The van der Waals surface area contributed by atoms with Gasteiger partial charge in [-0.1, -0.05) is 17.7 Å². The first-order valence-corrected chi connectivity index (χ1v) is 7.22. The Hall–Kier alpha value is -2.02. The fourth-order valence-electron chi connectivity index (χ4n) is 1.66. The molecule has 0 bridgehead atoms. The van der Waals surface area contributed by atoms with E-state index in [2.05, 4.69) is 10.6 Å². The molecule has 0 unspecified atom stereocenters. The molecule has 1 amide bonds. The van der Waals surface area contributed by atoms with Gasteiger partial charge in [-0.25, -0.2) is 4.79 Å². The van der Waals surface area contributed by atoms with Crippen molar-refractivity contribution in [3.63, 3.8) is 0 Å². The van der Waals surface area contributed by atoms with Crippen molar-refractivity contribution in [2.75, 3.05) is 18.4 Å². The normalized spacial score (nSPS) is 10.9. The Morgan fingerprint density at radius 2 is 2.05 bits per heavy atom. The lowest BCUT2D eigenvalue weighted by molar-refractivity contribution is -0.383. The average Bonchev–Trinajstić information content (AvgIpc) is 2.35. The third-order valence-corrected chi connectivity index (χ3v) is 2.81. The first kappa shape index (κ1) is 18.0. The highest BCUT2D eigenvalue weighted by molar-refractivity contribution is 6.33. The van der Waals surface area contributed by atoms with E-state index in [1.54, 1.807) is 32.9 Å². The summed E-state index contributed by atoms with van der Waals surface area (Å²) in [5.74, 6) is 0. The molecule has 0 saturated heterocycles. The maximum Gasteiger partial charge on any atom is 0.407 e. The molecular formula is C14H20ClN3O4. The number of halogens is 1. The van der Waals surface area contributed by atoms with Gasteiger partial charge in [0.15, 0.2) is 0 Å². The molecule has 22 heavy (non-hydrogen) atoms. The minimum absolute atomic E-state index is 0.0851. The molecule has 0 fully saturated rings. The number of hydrogen-bond donors (Lipinski definition) is 2. The SMILES string of the molecule is CC(C)(C)OC(=O)NCCCNc1cccc(Cl)c1[N+](=O)[O-]. The van der Waals surface area contributed by atoms with Gasteiger partial charge in [-0.15, -0.1) is 0 Å². The molecule has 0 spiro atoms. The predicted molar refractivity (Wildman–Crippen MR) is 85.4 cm³/mol. The second-order valence-corrected chi connectivity index (χ2v) is 6.01. The molecule has 7 nitrogen and oxygen atoms in total. The minimum Gasteiger partial charge on any atom is -0.444 e. The van der Waals surface area contributed by atoms with Crippen LogP contribution in [0.25, 0.3) is 0 Å². The summed E-state index contributed by atoms with van der Waals surface area (Å²) in [6.45, 7) is 6.21. The number of nitro benzene ring substituents is 1. The van der Waals surface area contributed by atoms with Crippen LogP contribution in [0.5, 0.6) is 0 Å². The zero-order chi connectivity index (χ0) is 16.8. The summed E-state index contributed by atoms with van der Waals surface area (Å²) in [6, 6.07) is 4.69. The Balaban J connectivity index is 2.39. The van der Waals surface area contributed by atoms with Crippen molar-refractivity contribution in [1.29, 1.82) is 0 Å². The van der Waals surface area contributed by atoms with Gasteiger partial charge in [0.1, 0.15) is 16.3 Å². The lowest BCUT2D eigenvalue weighted by Gasteiger charge is -2.19. The largest absolute Gasteiger partial charge is 0.444 e. The van der Waals surface area contributed by atoms with Crippen LogP contribution in [0.1, 0.15) is 27.2 Å². The van der Waals surface area contributed by atoms with Crippen LogP contribution < -0.4 is 10.6 Å². The predicted octanol–water partition coefficient (Wildman–Crippen LogP) is 3.57. The molecule has 0 aliphatic rings. The molecule has 1 aromatic rings. The fraction of sp³-hybridized carbons (Fsp3) is 0.500. The van der Waals surface area contributed by atoms with E-state index < -0.39 is 16.6 Å². The van der Waals surface area contributed by atoms with Gasteiger partial charge >= 0.3 is 11.8 Å². The molecule has 122 valence electrons. The van der Waals surface area contributed by atoms with Gasteiger partial charge < -0.3 is 15.4 Å². The number of ether oxygens (including phenoxy) is 1. The van der Waals surface area contributed by atoms with Crippen molar-refractivity contribution in [1.82, 2.24) is 5.32 Å². The van der Waals surface area contributed by atoms with Gasteiger partial charge in [-0.3, -0.25) is 10.1 Å². The average molecular weight is 330 g/mol. The molecule has 0 radical (unpaired) electrons. The summed E-state index contributed by atoms with van der Waals surface area (Å²) in [5.41, 5.74) is -0.331. The number of nitrogens with zero attached hydrogens (tertiary/aromatic N) is 1. The van der Waals surface area contributed by atoms with Crippen molar-refractivity contribution in [2.24, 2.45) is 0 Å². The summed E-state index contributed by atoms with van der Waals surface area (Å²) < 4.78 is 5.09. The van der Waals surface area contributed by atoms with Crippen molar-refractivity contribution in [3.05, 3.63) is 33.3 Å². The Bertz CT molecular complexity index is 543. The number of nitrogens with one attached hydrogen (secondary N) is 2. The fourth-order valence-corrected chi connectivity index (χ4v) is 1.90. The van der Waals surface area contributed by atoms with E-state index >= 15 is 0 Å². The number of benzene rings is 1. The van der Waals surface area contributed by atoms with Crippen LogP contribution in [0.4, 0.5) is 16.2 Å². The molecule has 0 aromatic heterocycles. The number of carbonyl (C=O) groups is 1. The third kappa shape index (κ3) is 6.17. The summed E-state index contributed by atoms with van der Waals surface area (Å²) in [7, 11) is 0. The highest BCUT2D eigenvalue weighted by Crippen LogP contribution is 2.32. The Morgan fingerprint density at radius 3 is 2.64 bits per heavy atom. The molecular weight excluding hydrogens is 310 g/mol. The number of alkyl carbamates (subject to hydrolysis) is 1. The highest BCUT2D eigenvalue weighted by atomic mass is 35.5. The number of para-hydroxylation sites is 1. The van der Waals surface area contributed by atoms with Gasteiger partial charge in [0.2, 0.25) is 0 Å². The number of nitro groups is 1. The minimum atomic E-state index is -0.538. The van der Waals surface area contributed by atoms with Crippen LogP contribution in [0.2, 0.25) is 5.02 Å². The number of amides is 1. The second kappa shape index (κ2) is 7.84. The van der Waals surface area contributed by atoms with Crippen molar-refractivity contribution in [2.45, 2.75) is 32.8 Å². The summed E-state index contributed by atoms with van der Waals surface area (Å²) in [5, 5.41) is 16.6. The summed E-state index contributed by atoms with van der Waals surface area (Å²) >= 11 is 5.81. The Labute approximate surface area is 134 Å². The highest BCUT2D eigenvalue weighted by Gasteiger charge is 2.18. The van der Waals surface area contributed by atoms with Gasteiger partial charge in [-0.2, -0.15) is 0 Å². The number of carbonyl (C=O) groups excluding carboxylic acids is 1. The summed E-state index contributed by atoms with van der Waals surface area (Å²) in [6.07, 6.45) is 0.101. The van der Waals surface area contributed by atoms with E-state index in [0.29, 0.717) is 25.2 Å². The van der Waals surface area contributed by atoms with Crippen molar-refractivity contribution < 1.29 is 14.5 Å². The van der Waals surface area contributed by atoms with Crippen LogP contribution in [0, 0.1) is 10.1 Å². The maximum absolute atomic E-state index is 11.4. The van der Waals surface area contributed by atoms with Crippen LogP contribution in [0.15, 0.2) is 18.2 Å². The van der Waals surface area contributed by atoms with Crippen LogP contribution >= 0.6 is 11.6 Å².